The topological polar surface area (TPSA) is 54.0 Å². The largest absolute Gasteiger partial charge is 0.481 e. The molecule has 0 amide bonds. The third kappa shape index (κ3) is 8.03. The summed E-state index contributed by atoms with van der Waals surface area (Å²) in [4.78, 5) is 11.9. The Labute approximate surface area is 195 Å². The first-order chi connectivity index (χ1) is 16.2. The first-order valence-corrected chi connectivity index (χ1v) is 10.9. The van der Waals surface area contributed by atoms with E-state index in [2.05, 4.69) is 11.8 Å². The van der Waals surface area contributed by atoms with Gasteiger partial charge in [0.1, 0.15) is 23.9 Å². The number of esters is 1. The minimum atomic E-state index is -0.591. The van der Waals surface area contributed by atoms with Crippen molar-refractivity contribution in [1.29, 1.82) is 0 Å². The van der Waals surface area contributed by atoms with Gasteiger partial charge in [0.2, 0.25) is 0 Å². The zero-order valence-corrected chi connectivity index (χ0v) is 19.0. The summed E-state index contributed by atoms with van der Waals surface area (Å²) in [6, 6.07) is 25.1. The van der Waals surface area contributed by atoms with Crippen molar-refractivity contribution < 1.29 is 23.7 Å². The van der Waals surface area contributed by atoms with E-state index in [1.165, 1.54) is 7.11 Å². The minimum absolute atomic E-state index is 0.312. The first kappa shape index (κ1) is 23.9. The summed E-state index contributed by atoms with van der Waals surface area (Å²) >= 11 is 0. The van der Waals surface area contributed by atoms with Gasteiger partial charge < -0.3 is 18.9 Å². The van der Waals surface area contributed by atoms with Crippen LogP contribution in [0.1, 0.15) is 18.1 Å². The number of hydrogen-bond donors (Lipinski definition) is 0. The first-order valence-electron chi connectivity index (χ1n) is 10.9. The van der Waals surface area contributed by atoms with Crippen LogP contribution in [0, 0.1) is 11.8 Å². The zero-order valence-electron chi connectivity index (χ0n) is 19.0. The molecule has 0 fully saturated rings. The maximum atomic E-state index is 11.9. The van der Waals surface area contributed by atoms with E-state index in [9.17, 15) is 4.79 Å². The van der Waals surface area contributed by atoms with E-state index in [0.29, 0.717) is 26.1 Å². The minimum Gasteiger partial charge on any atom is -0.481 e. The number of ether oxygens (including phenoxy) is 4. The lowest BCUT2D eigenvalue weighted by atomic mass is 10.0. The average Bonchev–Trinajstić information content (AvgIpc) is 2.85. The fourth-order valence-corrected chi connectivity index (χ4v) is 3.07. The van der Waals surface area contributed by atoms with Gasteiger partial charge in [0, 0.05) is 20.0 Å². The molecule has 0 spiro atoms. The molecule has 0 radical (unpaired) electrons. The predicted molar refractivity (Wildman–Crippen MR) is 128 cm³/mol. The fourth-order valence-electron chi connectivity index (χ4n) is 3.07. The molecular weight excluding hydrogens is 416 g/mol. The van der Waals surface area contributed by atoms with Gasteiger partial charge in [-0.05, 0) is 54.4 Å². The molecule has 0 aliphatic rings. The summed E-state index contributed by atoms with van der Waals surface area (Å²) < 4.78 is 21.7. The Bertz CT molecular complexity index is 1050. The molecule has 33 heavy (non-hydrogen) atoms. The molecule has 1 atom stereocenters. The number of carbonyl (C=O) groups is 1. The lowest BCUT2D eigenvalue weighted by molar-refractivity contribution is -0.154. The van der Waals surface area contributed by atoms with Crippen molar-refractivity contribution in [2.45, 2.75) is 25.9 Å². The Kier molecular flexibility index (Phi) is 9.38. The summed E-state index contributed by atoms with van der Waals surface area (Å²) in [6.07, 6.45) is 0.510. The van der Waals surface area contributed by atoms with Crippen LogP contribution in [-0.4, -0.2) is 32.4 Å². The monoisotopic (exact) mass is 444 g/mol. The average molecular weight is 445 g/mol. The molecule has 5 heteroatoms. The van der Waals surface area contributed by atoms with Gasteiger partial charge in [-0.2, -0.15) is 0 Å². The van der Waals surface area contributed by atoms with Crippen LogP contribution in [0.25, 0.3) is 0 Å². The summed E-state index contributed by atoms with van der Waals surface area (Å²) in [5, 5.41) is 0. The predicted octanol–water partition coefficient (Wildman–Crippen LogP) is 5.22. The van der Waals surface area contributed by atoms with E-state index >= 15 is 0 Å². The third-order valence-electron chi connectivity index (χ3n) is 4.81. The second-order valence-corrected chi connectivity index (χ2v) is 7.20. The van der Waals surface area contributed by atoms with Crippen LogP contribution in [0.4, 0.5) is 0 Å². The molecule has 0 heterocycles. The lowest BCUT2D eigenvalue weighted by Gasteiger charge is -2.14. The normalized spacial score (nSPS) is 11.1. The Morgan fingerprint density at radius 2 is 1.45 bits per heavy atom. The molecule has 3 aromatic rings. The fraction of sp³-hybridized carbons (Fsp3) is 0.250. The summed E-state index contributed by atoms with van der Waals surface area (Å²) in [6.45, 7) is 2.43. The number of carbonyl (C=O) groups excluding carboxylic acids is 1. The number of hydrogen-bond acceptors (Lipinski definition) is 5. The van der Waals surface area contributed by atoms with E-state index < -0.39 is 6.10 Å². The summed E-state index contributed by atoms with van der Waals surface area (Å²) in [5.41, 5.74) is 2.11. The standard InChI is InChI=1S/C28H28O5/c1-3-31-28(29)27(30-2)21-23-14-12-22(13-15-23)9-7-8-20-32-24-16-18-26(19-17-24)33-25-10-5-4-6-11-25/h4-6,10-19,27H,3,9,20-21H2,1-2H3/t27-/m0/s1. The molecule has 0 unspecified atom stereocenters. The Morgan fingerprint density at radius 3 is 2.12 bits per heavy atom. The molecule has 5 nitrogen and oxygen atoms in total. The van der Waals surface area contributed by atoms with Crippen LogP contribution < -0.4 is 9.47 Å². The van der Waals surface area contributed by atoms with Crippen LogP contribution in [0.15, 0.2) is 78.9 Å². The second kappa shape index (κ2) is 12.9. The van der Waals surface area contributed by atoms with Crippen molar-refractivity contribution in [3.05, 3.63) is 90.0 Å². The Balaban J connectivity index is 1.42. The molecule has 3 rings (SSSR count). The van der Waals surface area contributed by atoms with Crippen molar-refractivity contribution in [2.24, 2.45) is 0 Å². The second-order valence-electron chi connectivity index (χ2n) is 7.20. The third-order valence-corrected chi connectivity index (χ3v) is 4.81. The van der Waals surface area contributed by atoms with Crippen molar-refractivity contribution in [1.82, 2.24) is 0 Å². The van der Waals surface area contributed by atoms with Crippen LogP contribution in [0.3, 0.4) is 0 Å². The van der Waals surface area contributed by atoms with Crippen molar-refractivity contribution in [3.8, 4) is 29.1 Å². The van der Waals surface area contributed by atoms with Gasteiger partial charge in [-0.3, -0.25) is 0 Å². The van der Waals surface area contributed by atoms with Crippen molar-refractivity contribution >= 4 is 5.97 Å². The van der Waals surface area contributed by atoms with E-state index in [1.54, 1.807) is 6.92 Å². The molecule has 170 valence electrons. The van der Waals surface area contributed by atoms with Crippen LogP contribution in [-0.2, 0) is 27.1 Å². The molecule has 0 aliphatic carbocycles. The van der Waals surface area contributed by atoms with Gasteiger partial charge in [0.05, 0.1) is 6.61 Å². The number of rotatable bonds is 10. The zero-order chi connectivity index (χ0) is 23.3. The van der Waals surface area contributed by atoms with Gasteiger partial charge in [-0.1, -0.05) is 54.3 Å². The number of para-hydroxylation sites is 1. The van der Waals surface area contributed by atoms with E-state index in [1.807, 2.05) is 78.9 Å². The quantitative estimate of drug-likeness (QED) is 0.317. The molecule has 0 bridgehead atoms. The van der Waals surface area contributed by atoms with Crippen LogP contribution in [0.2, 0.25) is 0 Å². The summed E-state index contributed by atoms with van der Waals surface area (Å²) in [7, 11) is 1.51. The maximum Gasteiger partial charge on any atom is 0.335 e. The highest BCUT2D eigenvalue weighted by atomic mass is 16.6. The van der Waals surface area contributed by atoms with Crippen molar-refractivity contribution in [2.75, 3.05) is 20.3 Å². The lowest BCUT2D eigenvalue weighted by Crippen LogP contribution is -2.27. The summed E-state index contributed by atoms with van der Waals surface area (Å²) in [5.74, 6) is 8.11. The van der Waals surface area contributed by atoms with Gasteiger partial charge in [-0.25, -0.2) is 4.79 Å². The molecule has 3 aromatic carbocycles. The highest BCUT2D eigenvalue weighted by molar-refractivity contribution is 5.75. The highest BCUT2D eigenvalue weighted by Gasteiger charge is 2.19. The molecule has 0 saturated heterocycles. The number of benzene rings is 3. The highest BCUT2D eigenvalue weighted by Crippen LogP contribution is 2.23. The van der Waals surface area contributed by atoms with Gasteiger partial charge in [-0.15, -0.1) is 0 Å². The van der Waals surface area contributed by atoms with Crippen LogP contribution in [0.5, 0.6) is 17.2 Å². The number of methoxy groups -OCH3 is 1. The molecule has 0 aliphatic heterocycles. The van der Waals surface area contributed by atoms with Crippen LogP contribution >= 0.6 is 0 Å². The van der Waals surface area contributed by atoms with Crippen molar-refractivity contribution in [3.63, 3.8) is 0 Å². The molecule has 0 saturated carbocycles. The molecule has 0 aromatic heterocycles. The molecular formula is C28H28O5. The SMILES string of the molecule is CCOC(=O)[C@H](Cc1ccc(CC#CCOc2ccc(Oc3ccccc3)cc2)cc1)OC. The Hall–Kier alpha value is -3.75. The van der Waals surface area contributed by atoms with Gasteiger partial charge in [0.15, 0.2) is 6.10 Å². The maximum absolute atomic E-state index is 11.9. The molecule has 0 N–H and O–H groups in total. The van der Waals surface area contributed by atoms with Gasteiger partial charge in [0.25, 0.3) is 0 Å². The van der Waals surface area contributed by atoms with Gasteiger partial charge >= 0.3 is 5.97 Å². The smallest absolute Gasteiger partial charge is 0.335 e. The van der Waals surface area contributed by atoms with E-state index in [4.69, 9.17) is 18.9 Å². The van der Waals surface area contributed by atoms with E-state index in [0.717, 1.165) is 28.4 Å². The van der Waals surface area contributed by atoms with E-state index in [-0.39, 0.29) is 5.97 Å². The Morgan fingerprint density at radius 1 is 0.818 bits per heavy atom.